The lowest BCUT2D eigenvalue weighted by Crippen LogP contribution is -2.15. The van der Waals surface area contributed by atoms with Gasteiger partial charge in [0.15, 0.2) is 0 Å². The van der Waals surface area contributed by atoms with Crippen LogP contribution in [0.25, 0.3) is 0 Å². The Balaban J connectivity index is 2.65. The summed E-state index contributed by atoms with van der Waals surface area (Å²) in [5.74, 6) is -1.42. The largest absolute Gasteiger partial charge is 0.748 e. The highest BCUT2D eigenvalue weighted by atomic mass is 79.9. The fraction of sp³-hybridized carbons (Fsp3) is 0.222. The zero-order chi connectivity index (χ0) is 13.1. The van der Waals surface area contributed by atoms with Crippen molar-refractivity contribution in [3.63, 3.8) is 0 Å². The maximum absolute atomic E-state index is 11.5. The van der Waals surface area contributed by atoms with Gasteiger partial charge in [0.05, 0.1) is 21.4 Å². The van der Waals surface area contributed by atoms with E-state index in [1.165, 1.54) is 6.07 Å². The summed E-state index contributed by atoms with van der Waals surface area (Å²) in [6, 6.07) is 4.81. The van der Waals surface area contributed by atoms with Gasteiger partial charge in [-0.15, -0.1) is 0 Å². The third-order valence-electron chi connectivity index (χ3n) is 1.72. The average molecular weight is 387 g/mol. The van der Waals surface area contributed by atoms with Gasteiger partial charge in [-0.25, -0.2) is 13.2 Å². The second-order valence-corrected chi connectivity index (χ2v) is 6.32. The summed E-state index contributed by atoms with van der Waals surface area (Å²) >= 11 is 6.39. The lowest BCUT2D eigenvalue weighted by atomic mass is 10.2. The summed E-state index contributed by atoms with van der Waals surface area (Å²) in [6.07, 6.45) is 0. The average Bonchev–Trinajstić information content (AvgIpc) is 2.15. The first-order valence-electron chi connectivity index (χ1n) is 4.35. The molecule has 17 heavy (non-hydrogen) atoms. The van der Waals surface area contributed by atoms with Crippen LogP contribution in [0.2, 0.25) is 0 Å². The van der Waals surface area contributed by atoms with Crippen LogP contribution in [0.5, 0.6) is 0 Å². The second-order valence-electron chi connectivity index (χ2n) is 3.02. The van der Waals surface area contributed by atoms with Crippen LogP contribution >= 0.6 is 31.9 Å². The second kappa shape index (κ2) is 5.94. The third-order valence-corrected chi connectivity index (χ3v) is 3.53. The van der Waals surface area contributed by atoms with Crippen molar-refractivity contribution in [2.45, 2.75) is 0 Å². The van der Waals surface area contributed by atoms with Crippen molar-refractivity contribution in [2.75, 3.05) is 12.4 Å². The van der Waals surface area contributed by atoms with Crippen molar-refractivity contribution in [1.29, 1.82) is 0 Å². The highest BCUT2D eigenvalue weighted by Crippen LogP contribution is 2.22. The molecule has 0 aromatic heterocycles. The molecule has 0 bridgehead atoms. The first-order chi connectivity index (χ1) is 7.79. The number of carbonyl (C=O) groups is 1. The lowest BCUT2D eigenvalue weighted by Gasteiger charge is -2.08. The van der Waals surface area contributed by atoms with Gasteiger partial charge in [0, 0.05) is 8.95 Å². The molecule has 1 aromatic carbocycles. The molecule has 0 amide bonds. The molecule has 0 heterocycles. The van der Waals surface area contributed by atoms with Crippen LogP contribution in [-0.2, 0) is 14.9 Å². The molecule has 0 fully saturated rings. The Morgan fingerprint density at radius 2 is 2.00 bits per heavy atom. The fourth-order valence-corrected chi connectivity index (χ4v) is 2.47. The number of hydrogen-bond acceptors (Lipinski definition) is 5. The van der Waals surface area contributed by atoms with E-state index in [9.17, 15) is 17.8 Å². The van der Waals surface area contributed by atoms with E-state index in [1.807, 2.05) is 0 Å². The Morgan fingerprint density at radius 1 is 1.35 bits per heavy atom. The maximum atomic E-state index is 11.5. The molecule has 0 unspecified atom stereocenters. The van der Waals surface area contributed by atoms with Crippen LogP contribution in [0.4, 0.5) is 0 Å². The molecule has 0 saturated carbocycles. The molecule has 0 radical (unpaired) electrons. The summed E-state index contributed by atoms with van der Waals surface area (Å²) in [7, 11) is -4.37. The van der Waals surface area contributed by atoms with Gasteiger partial charge in [-0.3, -0.25) is 0 Å². The zero-order valence-electron chi connectivity index (χ0n) is 8.35. The smallest absolute Gasteiger partial charge is 0.339 e. The highest BCUT2D eigenvalue weighted by molar-refractivity contribution is 9.11. The van der Waals surface area contributed by atoms with Gasteiger partial charge in [0.25, 0.3) is 0 Å². The van der Waals surface area contributed by atoms with E-state index in [2.05, 4.69) is 36.6 Å². The summed E-state index contributed by atoms with van der Waals surface area (Å²) < 4.78 is 36.9. The van der Waals surface area contributed by atoms with E-state index in [0.29, 0.717) is 4.47 Å². The molecule has 1 aromatic rings. The first kappa shape index (κ1) is 14.6. The molecule has 0 aliphatic heterocycles. The number of hydrogen-bond donors (Lipinski definition) is 0. The predicted molar refractivity (Wildman–Crippen MR) is 66.7 cm³/mol. The van der Waals surface area contributed by atoms with Crippen LogP contribution in [0.15, 0.2) is 27.1 Å². The summed E-state index contributed by atoms with van der Waals surface area (Å²) in [5, 5.41) is 0. The SMILES string of the molecule is O=C(OCCS(=O)(=O)[O-])c1ccc(Br)cc1Br. The monoisotopic (exact) mass is 385 g/mol. The van der Waals surface area contributed by atoms with Crippen molar-refractivity contribution >= 4 is 47.9 Å². The molecule has 5 nitrogen and oxygen atoms in total. The van der Waals surface area contributed by atoms with E-state index in [-0.39, 0.29) is 5.56 Å². The molecule has 1 rings (SSSR count). The van der Waals surface area contributed by atoms with E-state index < -0.39 is 28.4 Å². The molecule has 0 atom stereocenters. The van der Waals surface area contributed by atoms with Gasteiger partial charge in [-0.05, 0) is 34.1 Å². The number of benzene rings is 1. The van der Waals surface area contributed by atoms with Gasteiger partial charge in [-0.1, -0.05) is 15.9 Å². The maximum Gasteiger partial charge on any atom is 0.339 e. The van der Waals surface area contributed by atoms with Crippen molar-refractivity contribution < 1.29 is 22.5 Å². The van der Waals surface area contributed by atoms with Crippen LogP contribution in [0.1, 0.15) is 10.4 Å². The quantitative estimate of drug-likeness (QED) is 0.583. The topological polar surface area (TPSA) is 83.5 Å². The lowest BCUT2D eigenvalue weighted by molar-refractivity contribution is 0.0527. The molecule has 0 aliphatic rings. The minimum atomic E-state index is -4.37. The van der Waals surface area contributed by atoms with Crippen LogP contribution in [0.3, 0.4) is 0 Å². The summed E-state index contributed by atoms with van der Waals surface area (Å²) in [6.45, 7) is -0.451. The fourth-order valence-electron chi connectivity index (χ4n) is 0.969. The Labute approximate surface area is 115 Å². The van der Waals surface area contributed by atoms with Crippen LogP contribution in [0, 0.1) is 0 Å². The van der Waals surface area contributed by atoms with Crippen LogP contribution in [-0.4, -0.2) is 31.3 Å². The molecule has 0 spiro atoms. The number of esters is 1. The van der Waals surface area contributed by atoms with Crippen molar-refractivity contribution in [3.8, 4) is 0 Å². The van der Waals surface area contributed by atoms with Gasteiger partial charge < -0.3 is 9.29 Å². The van der Waals surface area contributed by atoms with Crippen LogP contribution < -0.4 is 0 Å². The van der Waals surface area contributed by atoms with E-state index in [4.69, 9.17) is 0 Å². The van der Waals surface area contributed by atoms with Crippen molar-refractivity contribution in [3.05, 3.63) is 32.7 Å². The minimum Gasteiger partial charge on any atom is -0.748 e. The van der Waals surface area contributed by atoms with E-state index in [0.717, 1.165) is 4.47 Å². The summed E-state index contributed by atoms with van der Waals surface area (Å²) in [4.78, 5) is 11.5. The molecular weight excluding hydrogens is 380 g/mol. The molecular formula is C9H7Br2O5S-. The van der Waals surface area contributed by atoms with E-state index >= 15 is 0 Å². The minimum absolute atomic E-state index is 0.261. The van der Waals surface area contributed by atoms with E-state index in [1.54, 1.807) is 12.1 Å². The molecule has 8 heteroatoms. The van der Waals surface area contributed by atoms with Crippen molar-refractivity contribution in [2.24, 2.45) is 0 Å². The van der Waals surface area contributed by atoms with Gasteiger partial charge in [0.2, 0.25) is 0 Å². The number of carbonyl (C=O) groups excluding carboxylic acids is 1. The predicted octanol–water partition coefficient (Wildman–Crippen LogP) is 1.91. The zero-order valence-corrected chi connectivity index (χ0v) is 12.3. The number of halogens is 2. The Morgan fingerprint density at radius 3 is 2.53 bits per heavy atom. The Bertz CT molecular complexity index is 526. The van der Waals surface area contributed by atoms with Gasteiger partial charge in [-0.2, -0.15) is 0 Å². The first-order valence-corrected chi connectivity index (χ1v) is 7.51. The van der Waals surface area contributed by atoms with Gasteiger partial charge >= 0.3 is 5.97 Å². The molecule has 0 saturated heterocycles. The molecule has 0 N–H and O–H groups in total. The Hall–Kier alpha value is -0.440. The standard InChI is InChI=1S/C9H8Br2O5S/c10-6-1-2-7(8(11)5-6)9(12)16-3-4-17(13,14)15/h1-2,5H,3-4H2,(H,13,14,15)/p-1. The summed E-state index contributed by atoms with van der Waals surface area (Å²) in [5.41, 5.74) is 0.261. The van der Waals surface area contributed by atoms with Gasteiger partial charge in [0.1, 0.15) is 6.61 Å². The molecule has 0 aliphatic carbocycles. The van der Waals surface area contributed by atoms with Crippen molar-refractivity contribution in [1.82, 2.24) is 0 Å². The normalized spacial score (nSPS) is 11.2. The highest BCUT2D eigenvalue weighted by Gasteiger charge is 2.11. The third kappa shape index (κ3) is 5.15. The number of rotatable bonds is 4. The number of ether oxygens (including phenoxy) is 1. The molecule has 94 valence electrons. The Kier molecular flexibility index (Phi) is 5.11.